The highest BCUT2D eigenvalue weighted by atomic mass is 35.5. The van der Waals surface area contributed by atoms with Crippen molar-refractivity contribution in [2.45, 2.75) is 12.8 Å². The first-order valence-corrected chi connectivity index (χ1v) is 7.33. The zero-order valence-electron chi connectivity index (χ0n) is 11.1. The van der Waals surface area contributed by atoms with Crippen molar-refractivity contribution in [2.75, 3.05) is 13.2 Å². The highest BCUT2D eigenvalue weighted by Gasteiger charge is 2.48. The van der Waals surface area contributed by atoms with Crippen molar-refractivity contribution in [3.63, 3.8) is 0 Å². The third-order valence-corrected chi connectivity index (χ3v) is 3.75. The fourth-order valence-electron chi connectivity index (χ4n) is 1.95. The molecule has 1 aliphatic rings. The quantitative estimate of drug-likeness (QED) is 0.753. The van der Waals surface area contributed by atoms with Crippen LogP contribution in [0.3, 0.4) is 0 Å². The maximum absolute atomic E-state index is 11.6. The number of ether oxygens (including phenoxy) is 1. The zero-order valence-corrected chi connectivity index (χ0v) is 12.7. The van der Waals surface area contributed by atoms with E-state index in [0.29, 0.717) is 41.8 Å². The highest BCUT2D eigenvalue weighted by Crippen LogP contribution is 2.38. The summed E-state index contributed by atoms with van der Waals surface area (Å²) in [5, 5.41) is 12.4. The molecule has 1 fully saturated rings. The summed E-state index contributed by atoms with van der Waals surface area (Å²) < 4.78 is 5.47. The Balaban J connectivity index is 1.62. The molecule has 1 aliphatic carbocycles. The lowest BCUT2D eigenvalue weighted by atomic mass is 10.3. The maximum Gasteiger partial charge on any atom is 0.307 e. The summed E-state index contributed by atoms with van der Waals surface area (Å²) >= 11 is 11.7. The van der Waals surface area contributed by atoms with Crippen LogP contribution in [0, 0.1) is 11.8 Å². The number of aliphatic carboxylic acids is 1. The Morgan fingerprint density at radius 1 is 1.33 bits per heavy atom. The van der Waals surface area contributed by atoms with E-state index in [4.69, 9.17) is 33.0 Å². The molecule has 2 atom stereocenters. The number of hydrogen-bond acceptors (Lipinski definition) is 3. The molecule has 0 aromatic heterocycles. The Kier molecular flexibility index (Phi) is 5.31. The third-order valence-electron chi connectivity index (χ3n) is 3.22. The van der Waals surface area contributed by atoms with Crippen molar-refractivity contribution in [1.82, 2.24) is 5.32 Å². The molecule has 0 saturated heterocycles. The second kappa shape index (κ2) is 7.00. The minimum absolute atomic E-state index is 0.202. The minimum atomic E-state index is -0.907. The number of nitrogens with one attached hydrogen (secondary N) is 1. The summed E-state index contributed by atoms with van der Waals surface area (Å²) in [5.41, 5.74) is 0. The van der Waals surface area contributed by atoms with Gasteiger partial charge in [0, 0.05) is 11.6 Å². The Labute approximate surface area is 132 Å². The smallest absolute Gasteiger partial charge is 0.307 e. The van der Waals surface area contributed by atoms with Gasteiger partial charge in [-0.05, 0) is 31.0 Å². The summed E-state index contributed by atoms with van der Waals surface area (Å²) in [6.45, 7) is 0.835. The van der Waals surface area contributed by atoms with Crippen LogP contribution in [0.25, 0.3) is 0 Å². The van der Waals surface area contributed by atoms with Gasteiger partial charge < -0.3 is 15.2 Å². The first kappa shape index (κ1) is 15.9. The summed E-state index contributed by atoms with van der Waals surface area (Å²) in [6, 6.07) is 4.97. The van der Waals surface area contributed by atoms with Gasteiger partial charge >= 0.3 is 5.97 Å². The van der Waals surface area contributed by atoms with E-state index in [1.54, 1.807) is 18.2 Å². The summed E-state index contributed by atoms with van der Waals surface area (Å²) in [6.07, 6.45) is 1.03. The van der Waals surface area contributed by atoms with Crippen molar-refractivity contribution in [2.24, 2.45) is 11.8 Å². The standard InChI is InChI=1S/C14H15Cl2NO4/c15-8-2-3-12(11(16)6-8)21-5-1-4-17-13(18)9-7-10(9)14(19)20/h2-3,6,9-10H,1,4-5,7H2,(H,17,18)(H,19,20). The van der Waals surface area contributed by atoms with Crippen molar-refractivity contribution < 1.29 is 19.4 Å². The predicted octanol–water partition coefficient (Wildman–Crippen LogP) is 2.60. The Morgan fingerprint density at radius 3 is 2.71 bits per heavy atom. The average Bonchev–Trinajstić information content (AvgIpc) is 3.21. The summed E-state index contributed by atoms with van der Waals surface area (Å²) in [7, 11) is 0. The minimum Gasteiger partial charge on any atom is -0.492 e. The molecule has 0 heterocycles. The molecule has 7 heteroatoms. The van der Waals surface area contributed by atoms with Gasteiger partial charge in [0.25, 0.3) is 0 Å². The van der Waals surface area contributed by atoms with Crippen LogP contribution >= 0.6 is 23.2 Å². The summed E-state index contributed by atoms with van der Waals surface area (Å²) in [4.78, 5) is 22.2. The van der Waals surface area contributed by atoms with Crippen LogP contribution in [0.5, 0.6) is 5.75 Å². The molecule has 1 aromatic carbocycles. The number of rotatable bonds is 7. The lowest BCUT2D eigenvalue weighted by molar-refractivity contribution is -0.140. The lowest BCUT2D eigenvalue weighted by Crippen LogP contribution is -2.28. The second-order valence-electron chi connectivity index (χ2n) is 4.85. The summed E-state index contributed by atoms with van der Waals surface area (Å²) in [5.74, 6) is -1.47. The fraction of sp³-hybridized carbons (Fsp3) is 0.429. The number of hydrogen-bond donors (Lipinski definition) is 2. The van der Waals surface area contributed by atoms with Gasteiger partial charge in [0.15, 0.2) is 0 Å². The number of carbonyl (C=O) groups excluding carboxylic acids is 1. The first-order chi connectivity index (χ1) is 9.99. The monoisotopic (exact) mass is 331 g/mol. The molecule has 0 bridgehead atoms. The van der Waals surface area contributed by atoms with Gasteiger partial charge in [-0.2, -0.15) is 0 Å². The highest BCUT2D eigenvalue weighted by molar-refractivity contribution is 6.35. The number of carbonyl (C=O) groups is 2. The van der Waals surface area contributed by atoms with Gasteiger partial charge in [-0.15, -0.1) is 0 Å². The van der Waals surface area contributed by atoms with E-state index in [0.717, 1.165) is 0 Å². The fourth-order valence-corrected chi connectivity index (χ4v) is 2.41. The molecule has 1 aromatic rings. The molecule has 2 rings (SSSR count). The van der Waals surface area contributed by atoms with E-state index in [-0.39, 0.29) is 11.8 Å². The Morgan fingerprint density at radius 2 is 2.10 bits per heavy atom. The van der Waals surface area contributed by atoms with Crippen LogP contribution in [0.1, 0.15) is 12.8 Å². The normalized spacial score (nSPS) is 19.9. The second-order valence-corrected chi connectivity index (χ2v) is 5.70. The van der Waals surface area contributed by atoms with Crippen LogP contribution in [-0.4, -0.2) is 30.1 Å². The number of amides is 1. The number of carboxylic acids is 1. The van der Waals surface area contributed by atoms with Crippen molar-refractivity contribution >= 4 is 35.1 Å². The lowest BCUT2D eigenvalue weighted by Gasteiger charge is -2.09. The predicted molar refractivity (Wildman–Crippen MR) is 78.8 cm³/mol. The van der Waals surface area contributed by atoms with Crippen LogP contribution in [0.2, 0.25) is 10.0 Å². The molecular formula is C14H15Cl2NO4. The first-order valence-electron chi connectivity index (χ1n) is 6.57. The molecule has 1 saturated carbocycles. The number of carboxylic acid groups (broad SMARTS) is 1. The van der Waals surface area contributed by atoms with E-state index in [1.165, 1.54) is 0 Å². The van der Waals surface area contributed by atoms with Crippen molar-refractivity contribution in [3.8, 4) is 5.75 Å². The molecule has 0 spiro atoms. The topological polar surface area (TPSA) is 75.6 Å². The van der Waals surface area contributed by atoms with E-state index in [9.17, 15) is 9.59 Å². The van der Waals surface area contributed by atoms with Crippen molar-refractivity contribution in [1.29, 1.82) is 0 Å². The van der Waals surface area contributed by atoms with Gasteiger partial charge in [-0.25, -0.2) is 0 Å². The van der Waals surface area contributed by atoms with E-state index >= 15 is 0 Å². The van der Waals surface area contributed by atoms with Crippen LogP contribution < -0.4 is 10.1 Å². The number of benzene rings is 1. The van der Waals surface area contributed by atoms with E-state index in [2.05, 4.69) is 5.32 Å². The molecule has 114 valence electrons. The van der Waals surface area contributed by atoms with E-state index < -0.39 is 11.9 Å². The SMILES string of the molecule is O=C(O)C1CC1C(=O)NCCCOc1ccc(Cl)cc1Cl. The van der Waals surface area contributed by atoms with Gasteiger partial charge in [-0.1, -0.05) is 23.2 Å². The molecule has 0 aliphatic heterocycles. The zero-order chi connectivity index (χ0) is 15.4. The van der Waals surface area contributed by atoms with Crippen LogP contribution in [-0.2, 0) is 9.59 Å². The van der Waals surface area contributed by atoms with Crippen LogP contribution in [0.15, 0.2) is 18.2 Å². The molecule has 2 unspecified atom stereocenters. The Bertz CT molecular complexity index is 550. The molecule has 0 radical (unpaired) electrons. The molecule has 21 heavy (non-hydrogen) atoms. The average molecular weight is 332 g/mol. The maximum atomic E-state index is 11.6. The Hall–Kier alpha value is -1.46. The molecule has 5 nitrogen and oxygen atoms in total. The van der Waals surface area contributed by atoms with E-state index in [1.807, 2.05) is 0 Å². The van der Waals surface area contributed by atoms with Gasteiger partial charge in [-0.3, -0.25) is 9.59 Å². The third kappa shape index (κ3) is 4.51. The largest absolute Gasteiger partial charge is 0.492 e. The number of halogens is 2. The molecule has 2 N–H and O–H groups in total. The van der Waals surface area contributed by atoms with Crippen molar-refractivity contribution in [3.05, 3.63) is 28.2 Å². The van der Waals surface area contributed by atoms with Gasteiger partial charge in [0.1, 0.15) is 5.75 Å². The van der Waals surface area contributed by atoms with Crippen LogP contribution in [0.4, 0.5) is 0 Å². The molecule has 1 amide bonds. The van der Waals surface area contributed by atoms with Gasteiger partial charge in [0.2, 0.25) is 5.91 Å². The van der Waals surface area contributed by atoms with Gasteiger partial charge in [0.05, 0.1) is 23.5 Å². The molecular weight excluding hydrogens is 317 g/mol.